The van der Waals surface area contributed by atoms with Crippen molar-refractivity contribution in [2.75, 3.05) is 6.61 Å². The summed E-state index contributed by atoms with van der Waals surface area (Å²) < 4.78 is 0. The molecular formula is C38H77NO5. The van der Waals surface area contributed by atoms with Gasteiger partial charge in [0, 0.05) is 0 Å². The highest BCUT2D eigenvalue weighted by molar-refractivity contribution is 5.80. The molecule has 264 valence electrons. The first kappa shape index (κ1) is 43.3. The van der Waals surface area contributed by atoms with E-state index in [-0.39, 0.29) is 0 Å². The second kappa shape index (κ2) is 33.7. The first-order valence-electron chi connectivity index (χ1n) is 19.4. The van der Waals surface area contributed by atoms with Crippen molar-refractivity contribution in [3.05, 3.63) is 0 Å². The van der Waals surface area contributed by atoms with E-state index < -0.39 is 36.9 Å². The van der Waals surface area contributed by atoms with Crippen LogP contribution in [0.3, 0.4) is 0 Å². The molecule has 0 aromatic heterocycles. The molecule has 0 radical (unpaired) electrons. The summed E-state index contributed by atoms with van der Waals surface area (Å²) in [5, 5.41) is 43.3. The fourth-order valence-electron chi connectivity index (χ4n) is 6.17. The van der Waals surface area contributed by atoms with Gasteiger partial charge in [0.2, 0.25) is 5.91 Å². The third kappa shape index (κ3) is 27.6. The molecule has 6 heteroatoms. The molecule has 4 atom stereocenters. The van der Waals surface area contributed by atoms with Crippen LogP contribution in [0.25, 0.3) is 0 Å². The Morgan fingerprint density at radius 1 is 0.477 bits per heavy atom. The molecule has 1 amide bonds. The Morgan fingerprint density at radius 3 is 1.09 bits per heavy atom. The van der Waals surface area contributed by atoms with E-state index in [1.165, 1.54) is 141 Å². The monoisotopic (exact) mass is 628 g/mol. The van der Waals surface area contributed by atoms with Crippen LogP contribution >= 0.6 is 0 Å². The van der Waals surface area contributed by atoms with Crippen molar-refractivity contribution >= 4 is 5.91 Å². The Hall–Kier alpha value is -0.690. The number of aliphatic hydroxyl groups is 4. The molecule has 44 heavy (non-hydrogen) atoms. The molecule has 0 heterocycles. The molecule has 0 spiro atoms. The van der Waals surface area contributed by atoms with Gasteiger partial charge >= 0.3 is 0 Å². The zero-order valence-corrected chi connectivity index (χ0v) is 29.4. The Balaban J connectivity index is 3.67. The molecule has 0 saturated heterocycles. The minimum atomic E-state index is -1.25. The van der Waals surface area contributed by atoms with Crippen LogP contribution in [0.4, 0.5) is 0 Å². The highest BCUT2D eigenvalue weighted by Gasteiger charge is 2.28. The number of amides is 1. The second-order valence-electron chi connectivity index (χ2n) is 13.6. The van der Waals surface area contributed by atoms with Gasteiger partial charge in [-0.2, -0.15) is 0 Å². The Morgan fingerprint density at radius 2 is 0.773 bits per heavy atom. The summed E-state index contributed by atoms with van der Waals surface area (Å²) in [4.78, 5) is 12.4. The van der Waals surface area contributed by atoms with Crippen LogP contribution in [0.2, 0.25) is 0 Å². The second-order valence-corrected chi connectivity index (χ2v) is 13.6. The summed E-state index contributed by atoms with van der Waals surface area (Å²) >= 11 is 0. The van der Waals surface area contributed by atoms with Crippen LogP contribution in [0.15, 0.2) is 0 Å². The van der Waals surface area contributed by atoms with Crippen molar-refractivity contribution in [3.63, 3.8) is 0 Å². The average Bonchev–Trinajstić information content (AvgIpc) is 3.03. The van der Waals surface area contributed by atoms with Crippen molar-refractivity contribution in [1.82, 2.24) is 5.32 Å². The van der Waals surface area contributed by atoms with E-state index in [9.17, 15) is 25.2 Å². The predicted octanol–water partition coefficient (Wildman–Crippen LogP) is 9.29. The lowest BCUT2D eigenvalue weighted by Gasteiger charge is -2.27. The quantitative estimate of drug-likeness (QED) is 0.0450. The largest absolute Gasteiger partial charge is 0.394 e. The molecule has 0 aromatic rings. The van der Waals surface area contributed by atoms with Crippen LogP contribution in [0, 0.1) is 0 Å². The lowest BCUT2D eigenvalue weighted by atomic mass is 9.99. The van der Waals surface area contributed by atoms with Gasteiger partial charge in [-0.15, -0.1) is 0 Å². The van der Waals surface area contributed by atoms with E-state index >= 15 is 0 Å². The van der Waals surface area contributed by atoms with Gasteiger partial charge < -0.3 is 25.7 Å². The summed E-state index contributed by atoms with van der Waals surface area (Å²) in [6.07, 6.45) is 32.8. The Kier molecular flexibility index (Phi) is 33.1. The van der Waals surface area contributed by atoms with E-state index in [4.69, 9.17) is 0 Å². The highest BCUT2D eigenvalue weighted by atomic mass is 16.3. The van der Waals surface area contributed by atoms with E-state index in [0.717, 1.165) is 38.5 Å². The molecule has 0 fully saturated rings. The van der Waals surface area contributed by atoms with Crippen molar-refractivity contribution in [2.45, 2.75) is 231 Å². The van der Waals surface area contributed by atoms with Gasteiger partial charge in [0.15, 0.2) is 0 Å². The van der Waals surface area contributed by atoms with Gasteiger partial charge in [-0.3, -0.25) is 4.79 Å². The first-order valence-corrected chi connectivity index (χ1v) is 19.4. The van der Waals surface area contributed by atoms with Crippen molar-refractivity contribution in [2.24, 2.45) is 0 Å². The Bertz CT molecular complexity index is 590. The molecule has 0 saturated carbocycles. The van der Waals surface area contributed by atoms with Crippen molar-refractivity contribution in [3.8, 4) is 0 Å². The minimum Gasteiger partial charge on any atom is -0.394 e. The number of rotatable bonds is 35. The maximum absolute atomic E-state index is 12.4. The summed E-state index contributed by atoms with van der Waals surface area (Å²) in [7, 11) is 0. The number of hydrogen-bond donors (Lipinski definition) is 5. The van der Waals surface area contributed by atoms with Gasteiger partial charge in [-0.1, -0.05) is 194 Å². The summed E-state index contributed by atoms with van der Waals surface area (Å²) in [6, 6.07) is -0.976. The summed E-state index contributed by atoms with van der Waals surface area (Å²) in [6.45, 7) is 4.01. The number of carbonyl (C=O) groups is 1. The third-order valence-electron chi connectivity index (χ3n) is 9.32. The van der Waals surface area contributed by atoms with E-state index in [2.05, 4.69) is 19.2 Å². The standard InChI is InChI=1S/C38H77NO5/c1-3-5-7-9-11-13-14-15-16-17-18-19-20-21-22-23-24-26-28-30-32-36(42)38(44)39-34(33-40)37(43)35(41)31-29-27-25-12-10-8-6-4-2/h34-37,40-43H,3-33H2,1-2H3,(H,39,44). The van der Waals surface area contributed by atoms with Gasteiger partial charge in [0.05, 0.1) is 18.8 Å². The minimum absolute atomic E-state index is 0.375. The topological polar surface area (TPSA) is 110 Å². The van der Waals surface area contributed by atoms with Gasteiger partial charge in [0.25, 0.3) is 0 Å². The van der Waals surface area contributed by atoms with Gasteiger partial charge in [-0.25, -0.2) is 0 Å². The number of carbonyl (C=O) groups excluding carboxylic acids is 1. The zero-order valence-electron chi connectivity index (χ0n) is 29.4. The molecule has 4 unspecified atom stereocenters. The normalized spacial score (nSPS) is 14.4. The molecule has 0 aliphatic rings. The first-order chi connectivity index (χ1) is 21.5. The molecule has 5 N–H and O–H groups in total. The Labute approximate surface area is 273 Å². The molecule has 0 rings (SSSR count). The lowest BCUT2D eigenvalue weighted by molar-refractivity contribution is -0.132. The van der Waals surface area contributed by atoms with E-state index in [1.54, 1.807) is 0 Å². The van der Waals surface area contributed by atoms with Crippen molar-refractivity contribution < 1.29 is 25.2 Å². The number of unbranched alkanes of at least 4 members (excludes halogenated alkanes) is 26. The summed E-state index contributed by atoms with van der Waals surface area (Å²) in [5.74, 6) is -0.583. The lowest BCUT2D eigenvalue weighted by Crippen LogP contribution is -2.53. The molecule has 0 bridgehead atoms. The van der Waals surface area contributed by atoms with E-state index in [1.807, 2.05) is 0 Å². The van der Waals surface area contributed by atoms with Crippen LogP contribution in [-0.4, -0.2) is 57.3 Å². The summed E-state index contributed by atoms with van der Waals surface area (Å²) in [5.41, 5.74) is 0. The van der Waals surface area contributed by atoms with Crippen LogP contribution in [0.1, 0.15) is 206 Å². The molecule has 0 aliphatic carbocycles. The van der Waals surface area contributed by atoms with E-state index in [0.29, 0.717) is 12.8 Å². The maximum Gasteiger partial charge on any atom is 0.249 e. The molecule has 0 aliphatic heterocycles. The zero-order chi connectivity index (χ0) is 32.5. The fourth-order valence-corrected chi connectivity index (χ4v) is 6.17. The molecular weight excluding hydrogens is 550 g/mol. The molecule has 6 nitrogen and oxygen atoms in total. The SMILES string of the molecule is CCCCCCCCCCCCCCCCCCCCCCC(O)C(=O)NC(CO)C(O)C(O)CCCCCCCCCC. The van der Waals surface area contributed by atoms with Gasteiger partial charge in [-0.05, 0) is 12.8 Å². The highest BCUT2D eigenvalue weighted by Crippen LogP contribution is 2.16. The van der Waals surface area contributed by atoms with Crippen LogP contribution in [0.5, 0.6) is 0 Å². The van der Waals surface area contributed by atoms with Crippen LogP contribution < -0.4 is 5.32 Å². The van der Waals surface area contributed by atoms with Crippen LogP contribution in [-0.2, 0) is 4.79 Å². The predicted molar refractivity (Wildman–Crippen MR) is 187 cm³/mol. The number of aliphatic hydroxyl groups excluding tert-OH is 4. The van der Waals surface area contributed by atoms with Gasteiger partial charge in [0.1, 0.15) is 12.2 Å². The average molecular weight is 628 g/mol. The smallest absolute Gasteiger partial charge is 0.249 e. The third-order valence-corrected chi connectivity index (χ3v) is 9.32. The maximum atomic E-state index is 12.4. The number of hydrogen-bond acceptors (Lipinski definition) is 5. The fraction of sp³-hybridized carbons (Fsp3) is 0.974. The van der Waals surface area contributed by atoms with Crippen molar-refractivity contribution in [1.29, 1.82) is 0 Å². The number of nitrogens with one attached hydrogen (secondary N) is 1. The molecule has 0 aromatic carbocycles.